The Balaban J connectivity index is 2.19. The van der Waals surface area contributed by atoms with Crippen LogP contribution in [0, 0.1) is 6.92 Å². The van der Waals surface area contributed by atoms with Crippen molar-refractivity contribution >= 4 is 22.4 Å². The SMILES string of the molecule is CNCc1ccc(-c2ccc(Cl)c3ccccc23)c(C)c1. The van der Waals surface area contributed by atoms with Gasteiger partial charge >= 0.3 is 0 Å². The third-order valence-corrected chi connectivity index (χ3v) is 4.16. The van der Waals surface area contributed by atoms with E-state index in [0.717, 1.165) is 17.0 Å². The minimum atomic E-state index is 0.804. The van der Waals surface area contributed by atoms with Crippen molar-refractivity contribution in [3.63, 3.8) is 0 Å². The third-order valence-electron chi connectivity index (χ3n) is 3.83. The van der Waals surface area contributed by atoms with Gasteiger partial charge in [-0.25, -0.2) is 0 Å². The number of benzene rings is 3. The van der Waals surface area contributed by atoms with E-state index >= 15 is 0 Å². The van der Waals surface area contributed by atoms with Crippen LogP contribution >= 0.6 is 11.6 Å². The quantitative estimate of drug-likeness (QED) is 0.701. The van der Waals surface area contributed by atoms with Gasteiger partial charge in [0.2, 0.25) is 0 Å². The van der Waals surface area contributed by atoms with Gasteiger partial charge in [0.15, 0.2) is 0 Å². The largest absolute Gasteiger partial charge is 0.316 e. The van der Waals surface area contributed by atoms with E-state index in [1.54, 1.807) is 0 Å². The molecular formula is C19H18ClN. The number of aryl methyl sites for hydroxylation is 1. The zero-order chi connectivity index (χ0) is 14.8. The van der Waals surface area contributed by atoms with Gasteiger partial charge < -0.3 is 5.32 Å². The minimum Gasteiger partial charge on any atom is -0.316 e. The Morgan fingerprint density at radius 1 is 0.905 bits per heavy atom. The number of rotatable bonds is 3. The van der Waals surface area contributed by atoms with Gasteiger partial charge in [0.1, 0.15) is 0 Å². The Morgan fingerprint density at radius 2 is 1.62 bits per heavy atom. The van der Waals surface area contributed by atoms with E-state index in [2.05, 4.69) is 54.7 Å². The monoisotopic (exact) mass is 295 g/mol. The molecule has 0 unspecified atom stereocenters. The van der Waals surface area contributed by atoms with E-state index < -0.39 is 0 Å². The fourth-order valence-electron chi connectivity index (χ4n) is 2.84. The molecule has 0 spiro atoms. The molecule has 0 saturated carbocycles. The fraction of sp³-hybridized carbons (Fsp3) is 0.158. The van der Waals surface area contributed by atoms with Crippen molar-refractivity contribution in [3.05, 3.63) is 70.7 Å². The maximum Gasteiger partial charge on any atom is 0.0484 e. The van der Waals surface area contributed by atoms with Crippen LogP contribution in [0.2, 0.25) is 5.02 Å². The van der Waals surface area contributed by atoms with Gasteiger partial charge in [0.25, 0.3) is 0 Å². The first-order valence-electron chi connectivity index (χ1n) is 7.12. The predicted molar refractivity (Wildman–Crippen MR) is 91.9 cm³/mol. The Hall–Kier alpha value is -1.83. The standard InChI is InChI=1S/C19H18ClN/c1-13-11-14(12-21-2)7-8-15(13)17-9-10-19(20)18-6-4-3-5-16(17)18/h3-11,21H,12H2,1-2H3. The first kappa shape index (κ1) is 14.1. The Bertz CT molecular complexity index is 793. The average Bonchev–Trinajstić information content (AvgIpc) is 2.49. The summed E-state index contributed by atoms with van der Waals surface area (Å²) in [4.78, 5) is 0. The van der Waals surface area contributed by atoms with E-state index in [1.165, 1.54) is 27.6 Å². The molecule has 3 aromatic carbocycles. The number of halogens is 1. The molecule has 1 N–H and O–H groups in total. The zero-order valence-electron chi connectivity index (χ0n) is 12.3. The fourth-order valence-corrected chi connectivity index (χ4v) is 3.07. The van der Waals surface area contributed by atoms with Crippen molar-refractivity contribution < 1.29 is 0 Å². The second-order valence-corrected chi connectivity index (χ2v) is 5.73. The first-order valence-corrected chi connectivity index (χ1v) is 7.50. The summed E-state index contributed by atoms with van der Waals surface area (Å²) < 4.78 is 0. The molecule has 0 amide bonds. The van der Waals surface area contributed by atoms with Gasteiger partial charge in [-0.1, -0.05) is 60.1 Å². The second kappa shape index (κ2) is 5.88. The minimum absolute atomic E-state index is 0.804. The summed E-state index contributed by atoms with van der Waals surface area (Å²) in [5.74, 6) is 0. The highest BCUT2D eigenvalue weighted by Gasteiger charge is 2.09. The summed E-state index contributed by atoms with van der Waals surface area (Å²) in [6.07, 6.45) is 0. The lowest BCUT2D eigenvalue weighted by Gasteiger charge is -2.12. The van der Waals surface area contributed by atoms with Crippen LogP contribution in [0.1, 0.15) is 11.1 Å². The number of hydrogen-bond donors (Lipinski definition) is 1. The summed E-state index contributed by atoms with van der Waals surface area (Å²) in [6.45, 7) is 3.06. The lowest BCUT2D eigenvalue weighted by atomic mass is 9.94. The highest BCUT2D eigenvalue weighted by Crippen LogP contribution is 2.34. The van der Waals surface area contributed by atoms with Crippen molar-refractivity contribution in [2.45, 2.75) is 13.5 Å². The summed E-state index contributed by atoms with van der Waals surface area (Å²) in [6, 6.07) is 19.0. The molecule has 21 heavy (non-hydrogen) atoms. The normalized spacial score (nSPS) is 11.0. The van der Waals surface area contributed by atoms with Crippen molar-refractivity contribution in [2.75, 3.05) is 7.05 Å². The van der Waals surface area contributed by atoms with Gasteiger partial charge in [-0.3, -0.25) is 0 Å². The highest BCUT2D eigenvalue weighted by molar-refractivity contribution is 6.36. The molecule has 0 radical (unpaired) electrons. The molecule has 0 atom stereocenters. The van der Waals surface area contributed by atoms with Crippen LogP contribution in [0.4, 0.5) is 0 Å². The number of hydrogen-bond acceptors (Lipinski definition) is 1. The number of fused-ring (bicyclic) bond motifs is 1. The van der Waals surface area contributed by atoms with Crippen molar-refractivity contribution in [2.24, 2.45) is 0 Å². The van der Waals surface area contributed by atoms with Crippen molar-refractivity contribution in [1.29, 1.82) is 0 Å². The van der Waals surface area contributed by atoms with Crippen LogP contribution in [-0.2, 0) is 6.54 Å². The van der Waals surface area contributed by atoms with Gasteiger partial charge in [0, 0.05) is 17.0 Å². The van der Waals surface area contributed by atoms with E-state index in [-0.39, 0.29) is 0 Å². The Kier molecular flexibility index (Phi) is 3.96. The topological polar surface area (TPSA) is 12.0 Å². The second-order valence-electron chi connectivity index (χ2n) is 5.32. The van der Waals surface area contributed by atoms with Crippen LogP contribution in [0.25, 0.3) is 21.9 Å². The Morgan fingerprint density at radius 3 is 2.33 bits per heavy atom. The molecule has 0 aliphatic rings. The first-order chi connectivity index (χ1) is 10.2. The molecule has 0 heterocycles. The summed E-state index contributed by atoms with van der Waals surface area (Å²) in [5, 5.41) is 6.30. The molecule has 0 saturated heterocycles. The van der Waals surface area contributed by atoms with Crippen LogP contribution in [-0.4, -0.2) is 7.05 Å². The smallest absolute Gasteiger partial charge is 0.0484 e. The summed E-state index contributed by atoms with van der Waals surface area (Å²) in [7, 11) is 1.97. The van der Waals surface area contributed by atoms with Crippen LogP contribution in [0.15, 0.2) is 54.6 Å². The van der Waals surface area contributed by atoms with E-state index in [1.807, 2.05) is 19.2 Å². The number of nitrogens with one attached hydrogen (secondary N) is 1. The van der Waals surface area contributed by atoms with Crippen LogP contribution in [0.3, 0.4) is 0 Å². The molecule has 0 aliphatic carbocycles. The molecule has 0 bridgehead atoms. The van der Waals surface area contributed by atoms with E-state index in [0.29, 0.717) is 0 Å². The molecule has 0 aromatic heterocycles. The van der Waals surface area contributed by atoms with Crippen LogP contribution in [0.5, 0.6) is 0 Å². The average molecular weight is 296 g/mol. The molecule has 3 rings (SSSR count). The maximum atomic E-state index is 6.31. The molecule has 0 fully saturated rings. The Labute approximate surface area is 130 Å². The van der Waals surface area contributed by atoms with Crippen LogP contribution < -0.4 is 5.32 Å². The third kappa shape index (κ3) is 2.67. The van der Waals surface area contributed by atoms with Crippen molar-refractivity contribution in [1.82, 2.24) is 5.32 Å². The maximum absolute atomic E-state index is 6.31. The molecule has 3 aromatic rings. The van der Waals surface area contributed by atoms with E-state index in [9.17, 15) is 0 Å². The van der Waals surface area contributed by atoms with Gasteiger partial charge in [-0.05, 0) is 47.7 Å². The molecule has 1 nitrogen and oxygen atoms in total. The van der Waals surface area contributed by atoms with Gasteiger partial charge in [0.05, 0.1) is 0 Å². The summed E-state index contributed by atoms with van der Waals surface area (Å²) in [5.41, 5.74) is 5.10. The molecule has 0 aliphatic heterocycles. The highest BCUT2D eigenvalue weighted by atomic mass is 35.5. The van der Waals surface area contributed by atoms with Gasteiger partial charge in [-0.15, -0.1) is 0 Å². The summed E-state index contributed by atoms with van der Waals surface area (Å²) >= 11 is 6.31. The lowest BCUT2D eigenvalue weighted by molar-refractivity contribution is 0.817. The zero-order valence-corrected chi connectivity index (χ0v) is 13.0. The van der Waals surface area contributed by atoms with Gasteiger partial charge in [-0.2, -0.15) is 0 Å². The van der Waals surface area contributed by atoms with Crippen molar-refractivity contribution in [3.8, 4) is 11.1 Å². The lowest BCUT2D eigenvalue weighted by Crippen LogP contribution is -2.05. The van der Waals surface area contributed by atoms with E-state index in [4.69, 9.17) is 11.6 Å². The molecule has 106 valence electrons. The molecular weight excluding hydrogens is 278 g/mol. The molecule has 2 heteroatoms. The predicted octanol–water partition coefficient (Wildman–Crippen LogP) is 5.19.